The Hall–Kier alpha value is -2.46. The number of rotatable bonds is 3. The molecule has 0 atom stereocenters. The summed E-state index contributed by atoms with van der Waals surface area (Å²) < 4.78 is 19.4. The molecule has 0 bridgehead atoms. The zero-order valence-corrected chi connectivity index (χ0v) is 11.4. The summed E-state index contributed by atoms with van der Waals surface area (Å²) in [7, 11) is 0. The standard InChI is InChI=1S/C13H6BrFN2O3/c14-9-2-4-13(11(6-9)17(18)19)20-12-3-1-8(7-16)5-10(12)15/h1-6H. The van der Waals surface area contributed by atoms with Gasteiger partial charge in [0.05, 0.1) is 16.6 Å². The number of hydrogen-bond donors (Lipinski definition) is 0. The lowest BCUT2D eigenvalue weighted by Gasteiger charge is -2.07. The molecule has 0 spiro atoms. The van der Waals surface area contributed by atoms with E-state index < -0.39 is 10.7 Å². The molecule has 0 aliphatic heterocycles. The lowest BCUT2D eigenvalue weighted by Crippen LogP contribution is -1.95. The molecule has 0 heterocycles. The molecule has 7 heteroatoms. The van der Waals surface area contributed by atoms with E-state index in [1.807, 2.05) is 0 Å². The van der Waals surface area contributed by atoms with Gasteiger partial charge in [0.2, 0.25) is 5.75 Å². The average molecular weight is 337 g/mol. The van der Waals surface area contributed by atoms with E-state index in [1.165, 1.54) is 24.3 Å². The third-order valence-corrected chi connectivity index (χ3v) is 2.89. The second-order valence-electron chi connectivity index (χ2n) is 3.73. The first-order chi connectivity index (χ1) is 9.51. The molecule has 20 heavy (non-hydrogen) atoms. The molecule has 2 aromatic carbocycles. The van der Waals surface area contributed by atoms with Crippen LogP contribution in [0.2, 0.25) is 0 Å². The predicted molar refractivity (Wildman–Crippen MR) is 72.0 cm³/mol. The molecule has 0 aromatic heterocycles. The van der Waals surface area contributed by atoms with E-state index in [0.717, 1.165) is 6.07 Å². The van der Waals surface area contributed by atoms with Gasteiger partial charge in [0.25, 0.3) is 0 Å². The molecule has 0 saturated carbocycles. The Morgan fingerprint density at radius 3 is 2.55 bits per heavy atom. The minimum Gasteiger partial charge on any atom is -0.447 e. The van der Waals surface area contributed by atoms with E-state index in [4.69, 9.17) is 10.00 Å². The van der Waals surface area contributed by atoms with E-state index >= 15 is 0 Å². The summed E-state index contributed by atoms with van der Waals surface area (Å²) in [5.74, 6) is -1.03. The fourth-order valence-corrected chi connectivity index (χ4v) is 1.84. The SMILES string of the molecule is N#Cc1ccc(Oc2ccc(Br)cc2[N+](=O)[O-])c(F)c1. The second kappa shape index (κ2) is 5.67. The number of hydrogen-bond acceptors (Lipinski definition) is 4. The Labute approximate surface area is 121 Å². The van der Waals surface area contributed by atoms with E-state index in [2.05, 4.69) is 15.9 Å². The molecular weight excluding hydrogens is 331 g/mol. The summed E-state index contributed by atoms with van der Waals surface area (Å²) in [5.41, 5.74) is -0.150. The first kappa shape index (κ1) is 14.0. The zero-order valence-electron chi connectivity index (χ0n) is 9.84. The summed E-state index contributed by atoms with van der Waals surface area (Å²) >= 11 is 3.11. The van der Waals surface area contributed by atoms with Crippen molar-refractivity contribution in [3.05, 3.63) is 62.4 Å². The summed E-state index contributed by atoms with van der Waals surface area (Å²) in [6, 6.07) is 9.57. The van der Waals surface area contributed by atoms with Crippen LogP contribution >= 0.6 is 15.9 Å². The third-order valence-electron chi connectivity index (χ3n) is 2.40. The highest BCUT2D eigenvalue weighted by Gasteiger charge is 2.17. The van der Waals surface area contributed by atoms with Crippen LogP contribution in [0.1, 0.15) is 5.56 Å². The first-order valence-electron chi connectivity index (χ1n) is 5.32. The molecule has 0 amide bonds. The van der Waals surface area contributed by atoms with E-state index in [1.54, 1.807) is 12.1 Å². The van der Waals surface area contributed by atoms with E-state index in [0.29, 0.717) is 4.47 Å². The van der Waals surface area contributed by atoms with Gasteiger partial charge in [-0.3, -0.25) is 10.1 Å². The van der Waals surface area contributed by atoms with E-state index in [-0.39, 0.29) is 22.7 Å². The Balaban J connectivity index is 2.40. The van der Waals surface area contributed by atoms with Gasteiger partial charge in [-0.2, -0.15) is 5.26 Å². The molecule has 0 N–H and O–H groups in total. The molecular formula is C13H6BrFN2O3. The molecule has 0 aliphatic rings. The number of nitro groups is 1. The largest absolute Gasteiger partial charge is 0.447 e. The van der Waals surface area contributed by atoms with Crippen molar-refractivity contribution < 1.29 is 14.1 Å². The fourth-order valence-electron chi connectivity index (χ4n) is 1.49. The highest BCUT2D eigenvalue weighted by atomic mass is 79.9. The lowest BCUT2D eigenvalue weighted by molar-refractivity contribution is -0.385. The van der Waals surface area contributed by atoms with Crippen LogP contribution in [0.15, 0.2) is 40.9 Å². The van der Waals surface area contributed by atoms with Crippen LogP contribution in [0.5, 0.6) is 11.5 Å². The molecule has 2 rings (SSSR count). The van der Waals surface area contributed by atoms with Crippen molar-refractivity contribution in [1.29, 1.82) is 5.26 Å². The van der Waals surface area contributed by atoms with Crippen LogP contribution in [0.4, 0.5) is 10.1 Å². The van der Waals surface area contributed by atoms with Crippen LogP contribution in [-0.2, 0) is 0 Å². The van der Waals surface area contributed by atoms with Gasteiger partial charge in [-0.05, 0) is 30.3 Å². The van der Waals surface area contributed by atoms with Crippen LogP contribution < -0.4 is 4.74 Å². The van der Waals surface area contributed by atoms with Gasteiger partial charge in [-0.15, -0.1) is 0 Å². The molecule has 0 unspecified atom stereocenters. The summed E-state index contributed by atoms with van der Waals surface area (Å²) in [4.78, 5) is 10.3. The van der Waals surface area contributed by atoms with E-state index in [9.17, 15) is 14.5 Å². The molecule has 100 valence electrons. The minimum absolute atomic E-state index is 0.0817. The highest BCUT2D eigenvalue weighted by Crippen LogP contribution is 2.34. The number of nitrogens with zero attached hydrogens (tertiary/aromatic N) is 2. The topological polar surface area (TPSA) is 76.2 Å². The number of benzene rings is 2. The summed E-state index contributed by atoms with van der Waals surface area (Å²) in [6.45, 7) is 0. The van der Waals surface area contributed by atoms with Crippen molar-refractivity contribution in [3.8, 4) is 17.6 Å². The summed E-state index contributed by atoms with van der Waals surface area (Å²) in [5, 5.41) is 19.6. The van der Waals surface area contributed by atoms with Crippen molar-refractivity contribution in [2.75, 3.05) is 0 Å². The van der Waals surface area contributed by atoms with Crippen LogP contribution in [0.25, 0.3) is 0 Å². The highest BCUT2D eigenvalue weighted by molar-refractivity contribution is 9.10. The third kappa shape index (κ3) is 2.92. The molecule has 0 radical (unpaired) electrons. The molecule has 0 fully saturated rings. The van der Waals surface area contributed by atoms with Crippen molar-refractivity contribution in [2.45, 2.75) is 0 Å². The van der Waals surface area contributed by atoms with Crippen LogP contribution in [0.3, 0.4) is 0 Å². The number of nitriles is 1. The quantitative estimate of drug-likeness (QED) is 0.622. The lowest BCUT2D eigenvalue weighted by atomic mass is 10.2. The van der Waals surface area contributed by atoms with Crippen molar-refractivity contribution in [2.24, 2.45) is 0 Å². The minimum atomic E-state index is -0.763. The molecule has 0 saturated heterocycles. The van der Waals surface area contributed by atoms with Gasteiger partial charge in [0.15, 0.2) is 11.6 Å². The normalized spacial score (nSPS) is 9.85. The van der Waals surface area contributed by atoms with Gasteiger partial charge >= 0.3 is 5.69 Å². The van der Waals surface area contributed by atoms with Gasteiger partial charge in [-0.25, -0.2) is 4.39 Å². The molecule has 5 nitrogen and oxygen atoms in total. The number of halogens is 2. The Bertz CT molecular complexity index is 728. The van der Waals surface area contributed by atoms with Gasteiger partial charge in [0, 0.05) is 10.5 Å². The van der Waals surface area contributed by atoms with Gasteiger partial charge in [-0.1, -0.05) is 15.9 Å². The maximum Gasteiger partial charge on any atom is 0.312 e. The molecule has 2 aromatic rings. The van der Waals surface area contributed by atoms with Crippen molar-refractivity contribution in [3.63, 3.8) is 0 Å². The second-order valence-corrected chi connectivity index (χ2v) is 4.64. The van der Waals surface area contributed by atoms with Gasteiger partial charge in [0.1, 0.15) is 0 Å². The van der Waals surface area contributed by atoms with Crippen LogP contribution in [-0.4, -0.2) is 4.92 Å². The zero-order chi connectivity index (χ0) is 14.7. The number of nitro benzene ring substituents is 1. The van der Waals surface area contributed by atoms with Gasteiger partial charge < -0.3 is 4.74 Å². The summed E-state index contributed by atoms with van der Waals surface area (Å²) in [6.07, 6.45) is 0. The maximum atomic E-state index is 13.7. The maximum absolute atomic E-state index is 13.7. The van der Waals surface area contributed by atoms with Crippen LogP contribution in [0, 0.1) is 27.3 Å². The average Bonchev–Trinajstić information content (AvgIpc) is 2.42. The Morgan fingerprint density at radius 1 is 1.25 bits per heavy atom. The monoisotopic (exact) mass is 336 g/mol. The number of ether oxygens (including phenoxy) is 1. The van der Waals surface area contributed by atoms with Crippen molar-refractivity contribution >= 4 is 21.6 Å². The Kier molecular flexibility index (Phi) is 3.96. The smallest absolute Gasteiger partial charge is 0.312 e. The van der Waals surface area contributed by atoms with Crippen molar-refractivity contribution in [1.82, 2.24) is 0 Å². The Morgan fingerprint density at radius 2 is 1.95 bits per heavy atom. The predicted octanol–water partition coefficient (Wildman–Crippen LogP) is 4.16. The fraction of sp³-hybridized carbons (Fsp3) is 0. The molecule has 0 aliphatic carbocycles. The first-order valence-corrected chi connectivity index (χ1v) is 6.12.